The van der Waals surface area contributed by atoms with Gasteiger partial charge in [0.25, 0.3) is 0 Å². The summed E-state index contributed by atoms with van der Waals surface area (Å²) in [4.78, 5) is 0. The molecule has 0 saturated heterocycles. The molecule has 0 radical (unpaired) electrons. The minimum absolute atomic E-state index is 0.236. The summed E-state index contributed by atoms with van der Waals surface area (Å²) in [6.07, 6.45) is 0. The van der Waals surface area contributed by atoms with Gasteiger partial charge in [-0.05, 0) is 23.6 Å². The van der Waals surface area contributed by atoms with Crippen molar-refractivity contribution in [3.05, 3.63) is 52.9 Å². The minimum Gasteiger partial charge on any atom is -0.329 e. The van der Waals surface area contributed by atoms with Crippen molar-refractivity contribution in [2.24, 2.45) is 12.8 Å². The van der Waals surface area contributed by atoms with Crippen molar-refractivity contribution >= 4 is 0 Å². The third-order valence-corrected chi connectivity index (χ3v) is 3.46. The van der Waals surface area contributed by atoms with E-state index < -0.39 is 11.6 Å². The van der Waals surface area contributed by atoms with Gasteiger partial charge >= 0.3 is 0 Å². The van der Waals surface area contributed by atoms with Crippen LogP contribution in [0.15, 0.2) is 24.3 Å². The number of halogens is 2. The Bertz CT molecular complexity index is 605. The number of nitrogens with two attached hydrogens (primary N) is 1. The molecular weight excluding hydrogens is 260 g/mol. The number of rotatable bonds is 4. The van der Waals surface area contributed by atoms with Crippen LogP contribution < -0.4 is 5.73 Å². The number of aryl methyl sites for hydroxylation is 1. The highest BCUT2D eigenvalue weighted by Gasteiger charge is 2.21. The number of nitrogens with zero attached hydrogens (tertiary/aromatic N) is 2. The van der Waals surface area contributed by atoms with Crippen molar-refractivity contribution in [2.45, 2.75) is 25.7 Å². The van der Waals surface area contributed by atoms with E-state index in [0.717, 1.165) is 17.5 Å². The van der Waals surface area contributed by atoms with Gasteiger partial charge in [0.1, 0.15) is 11.6 Å². The lowest BCUT2D eigenvalue weighted by Crippen LogP contribution is -2.18. The van der Waals surface area contributed by atoms with Gasteiger partial charge in [0.15, 0.2) is 0 Å². The van der Waals surface area contributed by atoms with Crippen LogP contribution in [0.5, 0.6) is 0 Å². The lowest BCUT2D eigenvalue weighted by atomic mass is 9.94. The van der Waals surface area contributed by atoms with Crippen LogP contribution in [0.4, 0.5) is 8.78 Å². The Hall–Kier alpha value is -1.75. The van der Waals surface area contributed by atoms with Crippen LogP contribution in [0.1, 0.15) is 42.6 Å². The van der Waals surface area contributed by atoms with Crippen molar-refractivity contribution in [3.8, 4) is 0 Å². The summed E-state index contributed by atoms with van der Waals surface area (Å²) >= 11 is 0. The van der Waals surface area contributed by atoms with E-state index in [9.17, 15) is 8.78 Å². The van der Waals surface area contributed by atoms with E-state index in [1.807, 2.05) is 27.0 Å². The Morgan fingerprint density at radius 2 is 1.95 bits per heavy atom. The SMILES string of the molecule is CC(C)c1cc(C(CN)c2ccc(F)cc2F)n(C)n1. The highest BCUT2D eigenvalue weighted by atomic mass is 19.1. The molecule has 0 aliphatic heterocycles. The number of benzene rings is 1. The van der Waals surface area contributed by atoms with Crippen LogP contribution >= 0.6 is 0 Å². The molecule has 0 aliphatic carbocycles. The first-order valence-corrected chi connectivity index (χ1v) is 6.62. The smallest absolute Gasteiger partial charge is 0.130 e. The molecule has 0 aliphatic rings. The van der Waals surface area contributed by atoms with E-state index in [2.05, 4.69) is 5.10 Å². The van der Waals surface area contributed by atoms with Crippen molar-refractivity contribution in [3.63, 3.8) is 0 Å². The quantitative estimate of drug-likeness (QED) is 0.935. The zero-order valence-corrected chi connectivity index (χ0v) is 11.9. The highest BCUT2D eigenvalue weighted by molar-refractivity contribution is 5.32. The first kappa shape index (κ1) is 14.7. The van der Waals surface area contributed by atoms with E-state index in [1.54, 1.807) is 4.68 Å². The first-order valence-electron chi connectivity index (χ1n) is 6.62. The summed E-state index contributed by atoms with van der Waals surface area (Å²) in [5.74, 6) is -1.21. The molecule has 2 N–H and O–H groups in total. The maximum absolute atomic E-state index is 13.9. The van der Waals surface area contributed by atoms with Gasteiger partial charge in [-0.2, -0.15) is 5.10 Å². The molecule has 1 aromatic heterocycles. The third kappa shape index (κ3) is 2.72. The maximum Gasteiger partial charge on any atom is 0.130 e. The van der Waals surface area contributed by atoms with Crippen LogP contribution in [0.3, 0.4) is 0 Å². The van der Waals surface area contributed by atoms with E-state index in [0.29, 0.717) is 5.56 Å². The fraction of sp³-hybridized carbons (Fsp3) is 0.400. The van der Waals surface area contributed by atoms with Gasteiger partial charge in [0, 0.05) is 31.3 Å². The van der Waals surface area contributed by atoms with Crippen LogP contribution in [0.25, 0.3) is 0 Å². The Morgan fingerprint density at radius 3 is 2.45 bits per heavy atom. The fourth-order valence-corrected chi connectivity index (χ4v) is 2.30. The van der Waals surface area contributed by atoms with Crippen LogP contribution in [-0.2, 0) is 7.05 Å². The Labute approximate surface area is 117 Å². The largest absolute Gasteiger partial charge is 0.329 e. The second-order valence-corrected chi connectivity index (χ2v) is 5.23. The molecule has 1 aromatic carbocycles. The second-order valence-electron chi connectivity index (χ2n) is 5.23. The van der Waals surface area contributed by atoms with Crippen molar-refractivity contribution in [2.75, 3.05) is 6.54 Å². The maximum atomic E-state index is 13.9. The summed E-state index contributed by atoms with van der Waals surface area (Å²) in [5.41, 5.74) is 7.96. The molecule has 5 heteroatoms. The Morgan fingerprint density at radius 1 is 1.25 bits per heavy atom. The van der Waals surface area contributed by atoms with E-state index in [-0.39, 0.29) is 18.4 Å². The van der Waals surface area contributed by atoms with Gasteiger partial charge < -0.3 is 5.73 Å². The second kappa shape index (κ2) is 5.71. The summed E-state index contributed by atoms with van der Waals surface area (Å²) in [6, 6.07) is 5.52. The minimum atomic E-state index is -0.588. The molecule has 1 heterocycles. The molecule has 2 rings (SSSR count). The summed E-state index contributed by atoms with van der Waals surface area (Å²) in [7, 11) is 1.81. The van der Waals surface area contributed by atoms with E-state index in [1.165, 1.54) is 12.1 Å². The molecule has 3 nitrogen and oxygen atoms in total. The molecule has 1 atom stereocenters. The number of aromatic nitrogens is 2. The average Bonchev–Trinajstić information content (AvgIpc) is 2.75. The standard InChI is InChI=1S/C15H19F2N3/c1-9(2)14-7-15(20(3)19-14)12(8-18)11-5-4-10(16)6-13(11)17/h4-7,9,12H,8,18H2,1-3H3. The summed E-state index contributed by atoms with van der Waals surface area (Å²) in [5, 5.41) is 4.42. The first-order chi connectivity index (χ1) is 9.43. The summed E-state index contributed by atoms with van der Waals surface area (Å²) < 4.78 is 28.7. The number of hydrogen-bond donors (Lipinski definition) is 1. The molecule has 0 bridgehead atoms. The average molecular weight is 279 g/mol. The Kier molecular flexibility index (Phi) is 4.18. The fourth-order valence-electron chi connectivity index (χ4n) is 2.30. The van der Waals surface area contributed by atoms with E-state index in [4.69, 9.17) is 5.73 Å². The highest BCUT2D eigenvalue weighted by Crippen LogP contribution is 2.28. The van der Waals surface area contributed by atoms with Crippen molar-refractivity contribution < 1.29 is 8.78 Å². The zero-order valence-electron chi connectivity index (χ0n) is 11.9. The predicted molar refractivity (Wildman–Crippen MR) is 74.6 cm³/mol. The normalized spacial score (nSPS) is 12.9. The van der Waals surface area contributed by atoms with E-state index >= 15 is 0 Å². The molecule has 0 amide bonds. The van der Waals surface area contributed by atoms with Crippen molar-refractivity contribution in [1.82, 2.24) is 9.78 Å². The third-order valence-electron chi connectivity index (χ3n) is 3.46. The molecule has 2 aromatic rings. The molecular formula is C15H19F2N3. The topological polar surface area (TPSA) is 43.8 Å². The number of hydrogen-bond acceptors (Lipinski definition) is 2. The molecule has 1 unspecified atom stereocenters. The molecule has 0 saturated carbocycles. The summed E-state index contributed by atoms with van der Waals surface area (Å²) in [6.45, 7) is 4.32. The molecule has 0 fully saturated rings. The molecule has 108 valence electrons. The van der Waals surface area contributed by atoms with Gasteiger partial charge in [0.05, 0.1) is 5.69 Å². The van der Waals surface area contributed by atoms with Crippen LogP contribution in [0, 0.1) is 11.6 Å². The molecule has 20 heavy (non-hydrogen) atoms. The van der Waals surface area contributed by atoms with Gasteiger partial charge in [0.2, 0.25) is 0 Å². The van der Waals surface area contributed by atoms with Crippen LogP contribution in [-0.4, -0.2) is 16.3 Å². The van der Waals surface area contributed by atoms with Gasteiger partial charge in [-0.15, -0.1) is 0 Å². The van der Waals surface area contributed by atoms with Crippen LogP contribution in [0.2, 0.25) is 0 Å². The van der Waals surface area contributed by atoms with Gasteiger partial charge in [-0.3, -0.25) is 4.68 Å². The van der Waals surface area contributed by atoms with Gasteiger partial charge in [-0.1, -0.05) is 19.9 Å². The lowest BCUT2D eigenvalue weighted by molar-refractivity contribution is 0.556. The predicted octanol–water partition coefficient (Wildman–Crippen LogP) is 2.91. The van der Waals surface area contributed by atoms with Gasteiger partial charge in [-0.25, -0.2) is 8.78 Å². The Balaban J connectivity index is 2.47. The zero-order chi connectivity index (χ0) is 14.9. The monoisotopic (exact) mass is 279 g/mol. The lowest BCUT2D eigenvalue weighted by Gasteiger charge is -2.16. The molecule has 0 spiro atoms. The van der Waals surface area contributed by atoms with Crippen molar-refractivity contribution in [1.29, 1.82) is 0 Å².